The van der Waals surface area contributed by atoms with Crippen molar-refractivity contribution in [2.24, 2.45) is 5.10 Å². The van der Waals surface area contributed by atoms with E-state index in [4.69, 9.17) is 0 Å². The van der Waals surface area contributed by atoms with E-state index in [-0.39, 0.29) is 31.5 Å². The Morgan fingerprint density at radius 1 is 1.11 bits per heavy atom. The molecule has 0 fully saturated rings. The third-order valence-electron chi connectivity index (χ3n) is 2.95. The van der Waals surface area contributed by atoms with Crippen LogP contribution in [-0.4, -0.2) is 48.6 Å². The summed E-state index contributed by atoms with van der Waals surface area (Å²) in [5.41, 5.74) is 0.755. The van der Waals surface area contributed by atoms with Crippen molar-refractivity contribution in [3.8, 4) is 11.4 Å². The maximum atomic E-state index is 13.1. The number of halogens is 2. The first-order valence-electron chi connectivity index (χ1n) is 7.29. The fourth-order valence-corrected chi connectivity index (χ4v) is 1.84. The van der Waals surface area contributed by atoms with E-state index in [1.807, 2.05) is 7.05 Å². The van der Waals surface area contributed by atoms with E-state index in [0.717, 1.165) is 11.8 Å². The molecule has 1 aliphatic heterocycles. The molecule has 10 heteroatoms. The molecule has 0 saturated heterocycles. The zero-order chi connectivity index (χ0) is 18.4. The van der Waals surface area contributed by atoms with Crippen molar-refractivity contribution in [2.45, 2.75) is 0 Å². The summed E-state index contributed by atoms with van der Waals surface area (Å²) in [6, 6.07) is 12.6. The van der Waals surface area contributed by atoms with E-state index in [1.165, 1.54) is 12.4 Å². The standard InChI is InChI=1S/C9H4F2N3.C8H7N4.Ir/c10-7-3-2-6(8(11)14-7)9-12-4-1-5-13-9;1-11-6-10-12(7-11)8-3-2-4-9-5-8;/h1,3-5H;2,4-6H,1H3;/q-1;+1;. The Hall–Kier alpha value is -3.06. The molecule has 0 bridgehead atoms. The van der Waals surface area contributed by atoms with E-state index in [2.05, 4.69) is 43.2 Å². The number of pyridine rings is 2. The van der Waals surface area contributed by atoms with Crippen LogP contribution in [0.15, 0.2) is 48.1 Å². The number of hydrazone groups is 1. The molecule has 0 unspecified atom stereocenters. The zero-order valence-corrected chi connectivity index (χ0v) is 16.2. The average Bonchev–Trinajstić information content (AvgIpc) is 3.10. The van der Waals surface area contributed by atoms with E-state index in [1.54, 1.807) is 40.1 Å². The summed E-state index contributed by atoms with van der Waals surface area (Å²) >= 11 is 0. The second-order valence-electron chi connectivity index (χ2n) is 4.84. The second kappa shape index (κ2) is 9.59. The first-order chi connectivity index (χ1) is 12.6. The molecule has 27 heavy (non-hydrogen) atoms. The van der Waals surface area contributed by atoms with Gasteiger partial charge in [0.2, 0.25) is 5.10 Å². The summed E-state index contributed by atoms with van der Waals surface area (Å²) in [7, 11) is 1.86. The van der Waals surface area contributed by atoms with Crippen LogP contribution in [0.5, 0.6) is 0 Å². The molecule has 0 atom stereocenters. The van der Waals surface area contributed by atoms with Crippen LogP contribution >= 0.6 is 0 Å². The van der Waals surface area contributed by atoms with Crippen LogP contribution in [0, 0.1) is 24.0 Å². The van der Waals surface area contributed by atoms with Gasteiger partial charge >= 0.3 is 12.3 Å². The molecule has 4 rings (SSSR count). The minimum atomic E-state index is -0.962. The molecule has 7 nitrogen and oxygen atoms in total. The first kappa shape index (κ1) is 20.3. The largest absolute Gasteiger partial charge is 0.420 e. The third-order valence-corrected chi connectivity index (χ3v) is 2.95. The van der Waals surface area contributed by atoms with Crippen LogP contribution in [0.25, 0.3) is 11.4 Å². The fraction of sp³-hybridized carbons (Fsp3) is 0.0588. The van der Waals surface area contributed by atoms with Crippen molar-refractivity contribution < 1.29 is 38.1 Å². The van der Waals surface area contributed by atoms with Crippen molar-refractivity contribution in [1.29, 1.82) is 0 Å². The summed E-state index contributed by atoms with van der Waals surface area (Å²) in [5, 5.41) is 4.04. The van der Waals surface area contributed by atoms with Gasteiger partial charge in [-0.2, -0.15) is 6.07 Å². The SMILES string of the molecule is C[N+]1=C=[N+](c2[c-]ccnc2)N=C1.Fc1c[c-]c(-c2ncccn2)c(F)n1.[Ir]. The van der Waals surface area contributed by atoms with Gasteiger partial charge in [0.05, 0.1) is 10.5 Å². The van der Waals surface area contributed by atoms with Gasteiger partial charge < -0.3 is 4.98 Å². The Bertz CT molecular complexity index is 1000. The van der Waals surface area contributed by atoms with Gasteiger partial charge in [-0.25, -0.2) is 8.78 Å². The number of aromatic nitrogens is 4. The normalized spacial score (nSPS) is 11.7. The molecular formula is C17H11F2IrN7. The summed E-state index contributed by atoms with van der Waals surface area (Å²) in [6.07, 6.45) is 7.94. The van der Waals surface area contributed by atoms with Crippen LogP contribution in [0.4, 0.5) is 14.5 Å². The Balaban J connectivity index is 0.000000189. The first-order valence-corrected chi connectivity index (χ1v) is 7.29. The van der Waals surface area contributed by atoms with Crippen LogP contribution in [0.2, 0.25) is 0 Å². The topological polar surface area (TPSA) is 69.9 Å². The maximum Gasteiger partial charge on any atom is 0.420 e. The average molecular weight is 544 g/mol. The van der Waals surface area contributed by atoms with Crippen LogP contribution in [0.1, 0.15) is 0 Å². The second-order valence-corrected chi connectivity index (χ2v) is 4.84. The van der Waals surface area contributed by atoms with Crippen molar-refractivity contribution >= 4 is 18.0 Å². The van der Waals surface area contributed by atoms with Gasteiger partial charge in [0.15, 0.2) is 0 Å². The molecule has 137 valence electrons. The molecule has 0 spiro atoms. The molecule has 1 aliphatic rings. The van der Waals surface area contributed by atoms with Crippen molar-refractivity contribution in [3.05, 3.63) is 67.0 Å². The Labute approximate surface area is 166 Å². The molecule has 1 radical (unpaired) electrons. The molecule has 0 N–H and O–H groups in total. The van der Waals surface area contributed by atoms with Gasteiger partial charge in [-0.3, -0.25) is 15.0 Å². The molecule has 3 aromatic heterocycles. The van der Waals surface area contributed by atoms with Gasteiger partial charge in [0, 0.05) is 32.5 Å². The third kappa shape index (κ3) is 5.46. The molecule has 0 aromatic carbocycles. The smallest absolute Gasteiger partial charge is 0.386 e. The molecular weight excluding hydrogens is 532 g/mol. The minimum absolute atomic E-state index is 0. The van der Waals surface area contributed by atoms with E-state index in [0.29, 0.717) is 0 Å². The quantitative estimate of drug-likeness (QED) is 0.282. The number of nitrogens with zero attached hydrogens (tertiary/aromatic N) is 7. The molecule has 0 aliphatic carbocycles. The molecule has 4 heterocycles. The Kier molecular flexibility index (Phi) is 7.19. The number of rotatable bonds is 2. The summed E-state index contributed by atoms with van der Waals surface area (Å²) < 4.78 is 28.8. The fourth-order valence-electron chi connectivity index (χ4n) is 1.84. The molecule has 0 amide bonds. The van der Waals surface area contributed by atoms with Crippen LogP contribution in [0.3, 0.4) is 0 Å². The molecule has 0 saturated carbocycles. The van der Waals surface area contributed by atoms with Crippen LogP contribution in [-0.2, 0) is 20.1 Å². The minimum Gasteiger partial charge on any atom is -0.386 e. The number of hydrogen-bond donors (Lipinski definition) is 0. The van der Waals surface area contributed by atoms with Crippen LogP contribution < -0.4 is 0 Å². The predicted molar refractivity (Wildman–Crippen MR) is 86.7 cm³/mol. The van der Waals surface area contributed by atoms with E-state index >= 15 is 0 Å². The van der Waals surface area contributed by atoms with E-state index < -0.39 is 11.9 Å². The van der Waals surface area contributed by atoms with Gasteiger partial charge in [-0.05, 0) is 12.3 Å². The Morgan fingerprint density at radius 3 is 2.48 bits per heavy atom. The maximum absolute atomic E-state index is 13.1. The van der Waals surface area contributed by atoms with E-state index in [9.17, 15) is 8.78 Å². The predicted octanol–water partition coefficient (Wildman–Crippen LogP) is 1.91. The van der Waals surface area contributed by atoms with Crippen molar-refractivity contribution in [2.75, 3.05) is 7.05 Å². The number of hydrogen-bond acceptors (Lipinski definition) is 5. The molecule has 3 aromatic rings. The summed E-state index contributed by atoms with van der Waals surface area (Å²) in [4.78, 5) is 14.5. The van der Waals surface area contributed by atoms with Crippen molar-refractivity contribution in [1.82, 2.24) is 19.9 Å². The monoisotopic (exact) mass is 544 g/mol. The Morgan fingerprint density at radius 2 is 1.89 bits per heavy atom. The van der Waals surface area contributed by atoms with Gasteiger partial charge in [0.25, 0.3) is 0 Å². The summed E-state index contributed by atoms with van der Waals surface area (Å²) in [5.74, 6) is -1.74. The summed E-state index contributed by atoms with van der Waals surface area (Å²) in [6.45, 7) is 0. The zero-order valence-electron chi connectivity index (χ0n) is 13.8. The van der Waals surface area contributed by atoms with Gasteiger partial charge in [-0.1, -0.05) is 17.8 Å². The van der Waals surface area contributed by atoms with Gasteiger partial charge in [0.1, 0.15) is 24.6 Å². The van der Waals surface area contributed by atoms with Gasteiger partial charge in [-0.15, -0.1) is 16.7 Å². The van der Waals surface area contributed by atoms with Crippen molar-refractivity contribution in [3.63, 3.8) is 0 Å².